The van der Waals surface area contributed by atoms with Gasteiger partial charge in [-0.15, -0.1) is 0 Å². The minimum Gasteiger partial charge on any atom is -1.00 e. The molecule has 0 atom stereocenters. The van der Waals surface area contributed by atoms with Crippen molar-refractivity contribution >= 4 is 38.2 Å². The summed E-state index contributed by atoms with van der Waals surface area (Å²) in [6.07, 6.45) is 12.0. The minimum absolute atomic E-state index is 0. The summed E-state index contributed by atoms with van der Waals surface area (Å²) in [5.41, 5.74) is 5.51. The fraction of sp³-hybridized carbons (Fsp3) is 0.125. The Hall–Kier alpha value is -1.97. The van der Waals surface area contributed by atoms with Gasteiger partial charge in [-0.2, -0.15) is 0 Å². The molecule has 4 aromatic carbocycles. The van der Waals surface area contributed by atoms with E-state index in [9.17, 15) is 0 Å². The summed E-state index contributed by atoms with van der Waals surface area (Å²) in [7, 11) is 0. The predicted octanol–water partition coefficient (Wildman–Crippen LogP) is 2.91. The molecule has 0 fully saturated rings. The average molecular weight is 690 g/mol. The number of hydrogen-bond donors (Lipinski definition) is 0. The Morgan fingerprint density at radius 2 is 0.972 bits per heavy atom. The van der Waals surface area contributed by atoms with Crippen LogP contribution < -0.4 is 24.8 Å². The van der Waals surface area contributed by atoms with E-state index in [0.29, 0.717) is 0 Å². The van der Waals surface area contributed by atoms with E-state index in [1.54, 1.807) is 0 Å². The molecule has 4 heteroatoms. The quantitative estimate of drug-likeness (QED) is 0.290. The second-order valence-corrected chi connectivity index (χ2v) is 33.4. The number of benzene rings is 4. The van der Waals surface area contributed by atoms with Gasteiger partial charge in [-0.05, 0) is 0 Å². The zero-order valence-corrected chi connectivity index (χ0v) is 26.7. The van der Waals surface area contributed by atoms with Crippen LogP contribution in [-0.2, 0) is 20.1 Å². The maximum Gasteiger partial charge on any atom is -1.00 e. The molecule has 2 aliphatic rings. The van der Waals surface area contributed by atoms with Crippen molar-refractivity contribution in [3.8, 4) is 0 Å². The first-order valence-corrected chi connectivity index (χ1v) is 23.6. The Morgan fingerprint density at radius 1 is 0.556 bits per heavy atom. The van der Waals surface area contributed by atoms with E-state index in [2.05, 4.69) is 122 Å². The standard InChI is InChI=1S/2C15H11.C2H6Si.2ClH.Hf/c2*1-2-6-12(5-1)15-10-9-13-7-3-4-8-14(13)11-15;1-3-2;;;/h2*1,3-5,7-11H,2H2;1-2H3;2*1H;/q;;;;;+2/p-2. The molecule has 36 heavy (non-hydrogen) atoms. The van der Waals surface area contributed by atoms with Gasteiger partial charge in [-0.1, -0.05) is 0 Å². The first-order valence-electron chi connectivity index (χ1n) is 12.1. The normalized spacial score (nSPS) is 14.1. The van der Waals surface area contributed by atoms with Crippen LogP contribution in [0.15, 0.2) is 116 Å². The van der Waals surface area contributed by atoms with Crippen LogP contribution in [0.3, 0.4) is 0 Å². The zero-order chi connectivity index (χ0) is 23.1. The summed E-state index contributed by atoms with van der Waals surface area (Å²) < 4.78 is 3.66. The van der Waals surface area contributed by atoms with Gasteiger partial charge in [0.15, 0.2) is 0 Å². The monoisotopic (exact) mass is 690 g/mol. The number of fused-ring (bicyclic) bond motifs is 2. The van der Waals surface area contributed by atoms with Crippen LogP contribution in [0.1, 0.15) is 24.0 Å². The molecule has 0 aliphatic heterocycles. The third kappa shape index (κ3) is 5.06. The van der Waals surface area contributed by atoms with Crippen molar-refractivity contribution in [2.75, 3.05) is 0 Å². The molecule has 4 aromatic rings. The van der Waals surface area contributed by atoms with Crippen molar-refractivity contribution in [3.05, 3.63) is 127 Å². The molecule has 0 amide bonds. The van der Waals surface area contributed by atoms with Crippen molar-refractivity contribution in [3.63, 3.8) is 0 Å². The van der Waals surface area contributed by atoms with Crippen LogP contribution in [0.4, 0.5) is 0 Å². The van der Waals surface area contributed by atoms with Crippen LogP contribution >= 0.6 is 0 Å². The van der Waals surface area contributed by atoms with E-state index in [1.807, 2.05) is 6.66 Å². The first-order chi connectivity index (χ1) is 16.7. The molecular formula is C32H28Cl2HfSi. The van der Waals surface area contributed by atoms with Crippen LogP contribution in [-0.4, -0.2) is 5.49 Å². The summed E-state index contributed by atoms with van der Waals surface area (Å²) >= 11 is -2.21. The van der Waals surface area contributed by atoms with Gasteiger partial charge < -0.3 is 24.8 Å². The van der Waals surface area contributed by atoms with Gasteiger partial charge in [0, 0.05) is 0 Å². The van der Waals surface area contributed by atoms with E-state index < -0.39 is 20.1 Å². The number of hydrogen-bond acceptors (Lipinski definition) is 0. The Balaban J connectivity index is 0.00000152. The van der Waals surface area contributed by atoms with Gasteiger partial charge in [-0.25, -0.2) is 0 Å². The van der Waals surface area contributed by atoms with Crippen molar-refractivity contribution in [1.82, 2.24) is 0 Å². The van der Waals surface area contributed by atoms with Gasteiger partial charge in [0.05, 0.1) is 0 Å². The Bertz CT molecular complexity index is 1500. The fourth-order valence-electron chi connectivity index (χ4n) is 5.52. The molecule has 0 spiro atoms. The molecule has 6 rings (SSSR count). The molecule has 0 unspecified atom stereocenters. The minimum atomic E-state index is -2.21. The van der Waals surface area contributed by atoms with Crippen LogP contribution in [0, 0.1) is 0 Å². The van der Waals surface area contributed by atoms with Gasteiger partial charge in [0.2, 0.25) is 0 Å². The second kappa shape index (κ2) is 11.6. The molecule has 0 radical (unpaired) electrons. The molecule has 0 saturated carbocycles. The largest absolute Gasteiger partial charge is 1.00 e. The van der Waals surface area contributed by atoms with Gasteiger partial charge in [0.1, 0.15) is 0 Å². The topological polar surface area (TPSA) is 0 Å². The molecule has 0 N–H and O–H groups in total. The third-order valence-corrected chi connectivity index (χ3v) is 31.5. The van der Waals surface area contributed by atoms with Crippen LogP contribution in [0.25, 0.3) is 32.7 Å². The molecule has 0 aromatic heterocycles. The van der Waals surface area contributed by atoms with Gasteiger partial charge >= 0.3 is 211 Å². The van der Waals surface area contributed by atoms with E-state index in [-0.39, 0.29) is 30.3 Å². The van der Waals surface area contributed by atoms with Gasteiger partial charge in [0.25, 0.3) is 0 Å². The average Bonchev–Trinajstić information content (AvgIpc) is 3.54. The molecule has 2 aliphatic carbocycles. The Kier molecular flexibility index (Phi) is 8.73. The SMILES string of the molecule is C[Si](C)=[Hf+2]([C]1=C(c2ccc3ccccc3c2)C=CC1)[C]1=C(c2ccc3ccccc3c2)C=CC1.[Cl-].[Cl-]. The smallest absolute Gasteiger partial charge is 1.00 e. The maximum atomic E-state index is 2.58. The molecule has 0 heterocycles. The second-order valence-electron chi connectivity index (χ2n) is 9.50. The molecule has 0 nitrogen and oxygen atoms in total. The van der Waals surface area contributed by atoms with E-state index in [0.717, 1.165) is 12.8 Å². The Morgan fingerprint density at radius 3 is 1.39 bits per heavy atom. The summed E-state index contributed by atoms with van der Waals surface area (Å²) in [5.74, 6) is 0. The van der Waals surface area contributed by atoms with Crippen molar-refractivity contribution in [2.45, 2.75) is 25.9 Å². The molecule has 0 saturated heterocycles. The summed E-state index contributed by atoms with van der Waals surface area (Å²) in [6.45, 7) is 5.17. The van der Waals surface area contributed by atoms with Crippen LogP contribution in [0.2, 0.25) is 13.1 Å². The predicted molar refractivity (Wildman–Crippen MR) is 147 cm³/mol. The molecule has 178 valence electrons. The Labute approximate surface area is 234 Å². The molecule has 0 bridgehead atoms. The van der Waals surface area contributed by atoms with Crippen LogP contribution in [0.5, 0.6) is 0 Å². The van der Waals surface area contributed by atoms with Crippen molar-refractivity contribution < 1.29 is 44.9 Å². The summed E-state index contributed by atoms with van der Waals surface area (Å²) in [4.78, 5) is 0. The van der Waals surface area contributed by atoms with Crippen molar-refractivity contribution in [2.24, 2.45) is 0 Å². The number of halogens is 2. The zero-order valence-electron chi connectivity index (χ0n) is 20.6. The maximum absolute atomic E-state index is 2.58. The number of allylic oxidation sites excluding steroid dienone is 8. The van der Waals surface area contributed by atoms with Gasteiger partial charge in [-0.3, -0.25) is 0 Å². The summed E-state index contributed by atoms with van der Waals surface area (Å²) in [5, 5.41) is 5.34. The van der Waals surface area contributed by atoms with E-state index in [4.69, 9.17) is 0 Å². The fourth-order valence-corrected chi connectivity index (χ4v) is 30.8. The summed E-state index contributed by atoms with van der Waals surface area (Å²) in [6, 6.07) is 31.6. The van der Waals surface area contributed by atoms with Crippen molar-refractivity contribution in [1.29, 1.82) is 0 Å². The van der Waals surface area contributed by atoms with E-state index in [1.165, 1.54) is 43.8 Å². The third-order valence-electron chi connectivity index (χ3n) is 7.09. The van der Waals surface area contributed by atoms with E-state index >= 15 is 0 Å². The molecular weight excluding hydrogens is 662 g/mol. The first kappa shape index (κ1) is 27.1. The number of rotatable bonds is 4.